The standard InChI is InChI=1S/C18H21NO/c1-11-3-6-14-16(10-19(2)17(14)7-11)18(20)15-9-12-4-5-13(15)8-12/h3,6-7,10,12-13,15H,4-5,8-9H2,1-2H3. The highest BCUT2D eigenvalue weighted by molar-refractivity contribution is 6.09. The highest BCUT2D eigenvalue weighted by Crippen LogP contribution is 2.49. The minimum absolute atomic E-state index is 0.292. The first-order valence-electron chi connectivity index (χ1n) is 7.73. The Balaban J connectivity index is 1.77. The molecule has 20 heavy (non-hydrogen) atoms. The molecule has 2 aliphatic rings. The number of benzene rings is 1. The second-order valence-electron chi connectivity index (χ2n) is 6.82. The molecule has 2 aromatic rings. The third kappa shape index (κ3) is 1.67. The number of ketones is 1. The number of carbonyl (C=O) groups is 1. The smallest absolute Gasteiger partial charge is 0.168 e. The maximum atomic E-state index is 12.9. The zero-order valence-electron chi connectivity index (χ0n) is 12.2. The minimum atomic E-state index is 0.292. The number of aromatic nitrogens is 1. The number of rotatable bonds is 2. The lowest BCUT2D eigenvalue weighted by Crippen LogP contribution is -2.20. The van der Waals surface area contributed by atoms with Crippen molar-refractivity contribution >= 4 is 16.7 Å². The highest BCUT2D eigenvalue weighted by Gasteiger charge is 2.43. The molecule has 3 unspecified atom stereocenters. The van der Waals surface area contributed by atoms with Gasteiger partial charge in [0.05, 0.1) is 0 Å². The van der Waals surface area contributed by atoms with Crippen molar-refractivity contribution in [2.75, 3.05) is 0 Å². The van der Waals surface area contributed by atoms with E-state index in [1.807, 2.05) is 13.2 Å². The maximum absolute atomic E-state index is 12.9. The van der Waals surface area contributed by atoms with Crippen LogP contribution >= 0.6 is 0 Å². The van der Waals surface area contributed by atoms with Gasteiger partial charge in [-0.15, -0.1) is 0 Å². The molecular formula is C18H21NO. The van der Waals surface area contributed by atoms with Gasteiger partial charge in [0.25, 0.3) is 0 Å². The number of aryl methyl sites for hydroxylation is 2. The molecular weight excluding hydrogens is 246 g/mol. The van der Waals surface area contributed by atoms with Crippen LogP contribution in [0.1, 0.15) is 41.6 Å². The van der Waals surface area contributed by atoms with Crippen LogP contribution in [0.4, 0.5) is 0 Å². The zero-order chi connectivity index (χ0) is 13.9. The van der Waals surface area contributed by atoms with E-state index in [1.165, 1.54) is 30.3 Å². The fourth-order valence-electron chi connectivity index (χ4n) is 4.46. The normalized spacial score (nSPS) is 28.4. The Morgan fingerprint density at radius 1 is 1.25 bits per heavy atom. The van der Waals surface area contributed by atoms with Gasteiger partial charge in [-0.05, 0) is 49.7 Å². The summed E-state index contributed by atoms with van der Waals surface area (Å²) in [5.41, 5.74) is 3.37. The van der Waals surface area contributed by atoms with Crippen LogP contribution in [0.3, 0.4) is 0 Å². The number of hydrogen-bond acceptors (Lipinski definition) is 1. The molecule has 0 amide bonds. The van der Waals surface area contributed by atoms with Gasteiger partial charge < -0.3 is 4.57 Å². The van der Waals surface area contributed by atoms with Crippen molar-refractivity contribution in [3.05, 3.63) is 35.5 Å². The number of Topliss-reactive ketones (excluding diaryl/α,β-unsaturated/α-hetero) is 1. The average molecular weight is 267 g/mol. The molecule has 2 heteroatoms. The SMILES string of the molecule is Cc1ccc2c(C(=O)C3CC4CCC3C4)cn(C)c2c1. The lowest BCUT2D eigenvalue weighted by molar-refractivity contribution is 0.0876. The molecule has 0 spiro atoms. The van der Waals surface area contributed by atoms with Crippen LogP contribution in [0, 0.1) is 24.7 Å². The third-order valence-corrected chi connectivity index (χ3v) is 5.49. The summed E-state index contributed by atoms with van der Waals surface area (Å²) < 4.78 is 2.10. The average Bonchev–Trinajstić information content (AvgIpc) is 3.13. The molecule has 2 nitrogen and oxygen atoms in total. The van der Waals surface area contributed by atoms with Gasteiger partial charge in [-0.1, -0.05) is 18.6 Å². The number of hydrogen-bond donors (Lipinski definition) is 0. The zero-order valence-corrected chi connectivity index (χ0v) is 12.2. The summed E-state index contributed by atoms with van der Waals surface area (Å²) in [6, 6.07) is 6.40. The molecule has 2 saturated carbocycles. The summed E-state index contributed by atoms with van der Waals surface area (Å²) in [5, 5.41) is 1.13. The Bertz CT molecular complexity index is 697. The summed E-state index contributed by atoms with van der Waals surface area (Å²) >= 11 is 0. The van der Waals surface area contributed by atoms with E-state index < -0.39 is 0 Å². The van der Waals surface area contributed by atoms with Crippen molar-refractivity contribution in [3.63, 3.8) is 0 Å². The van der Waals surface area contributed by atoms with E-state index in [2.05, 4.69) is 29.7 Å². The molecule has 3 atom stereocenters. The van der Waals surface area contributed by atoms with Crippen molar-refractivity contribution in [2.24, 2.45) is 24.8 Å². The summed E-state index contributed by atoms with van der Waals surface area (Å²) in [5.74, 6) is 2.17. The first-order chi connectivity index (χ1) is 9.63. The van der Waals surface area contributed by atoms with Crippen LogP contribution in [0.25, 0.3) is 10.9 Å². The molecule has 1 aromatic carbocycles. The first-order valence-corrected chi connectivity index (χ1v) is 7.73. The van der Waals surface area contributed by atoms with Crippen molar-refractivity contribution < 1.29 is 4.79 Å². The van der Waals surface area contributed by atoms with E-state index in [0.717, 1.165) is 23.3 Å². The molecule has 0 radical (unpaired) electrons. The topological polar surface area (TPSA) is 22.0 Å². The Morgan fingerprint density at radius 3 is 2.80 bits per heavy atom. The van der Waals surface area contributed by atoms with E-state index in [4.69, 9.17) is 0 Å². The van der Waals surface area contributed by atoms with Gasteiger partial charge in [-0.3, -0.25) is 4.79 Å². The van der Waals surface area contributed by atoms with E-state index in [1.54, 1.807) is 0 Å². The number of nitrogens with zero attached hydrogens (tertiary/aromatic N) is 1. The predicted octanol–water partition coefficient (Wildman–Crippen LogP) is 4.11. The lowest BCUT2D eigenvalue weighted by atomic mass is 9.83. The van der Waals surface area contributed by atoms with E-state index >= 15 is 0 Å². The third-order valence-electron chi connectivity index (χ3n) is 5.49. The van der Waals surface area contributed by atoms with Crippen LogP contribution < -0.4 is 0 Å². The van der Waals surface area contributed by atoms with Crippen molar-refractivity contribution in [1.82, 2.24) is 4.57 Å². The van der Waals surface area contributed by atoms with Gasteiger partial charge in [-0.25, -0.2) is 0 Å². The molecule has 1 heterocycles. The predicted molar refractivity (Wildman–Crippen MR) is 80.9 cm³/mol. The molecule has 2 aliphatic carbocycles. The fraction of sp³-hybridized carbons (Fsp3) is 0.500. The van der Waals surface area contributed by atoms with Crippen molar-refractivity contribution in [1.29, 1.82) is 0 Å². The van der Waals surface area contributed by atoms with Gasteiger partial charge in [0, 0.05) is 35.6 Å². The van der Waals surface area contributed by atoms with Crippen LogP contribution in [0.2, 0.25) is 0 Å². The molecule has 1 aromatic heterocycles. The molecule has 2 fully saturated rings. The van der Waals surface area contributed by atoms with Gasteiger partial charge >= 0.3 is 0 Å². The summed E-state index contributed by atoms with van der Waals surface area (Å²) in [4.78, 5) is 12.9. The Morgan fingerprint density at radius 2 is 2.10 bits per heavy atom. The molecule has 4 rings (SSSR count). The van der Waals surface area contributed by atoms with Crippen LogP contribution in [-0.4, -0.2) is 10.4 Å². The first kappa shape index (κ1) is 12.2. The summed E-state index contributed by atoms with van der Waals surface area (Å²) in [6.07, 6.45) is 7.08. The molecule has 104 valence electrons. The Hall–Kier alpha value is -1.57. The molecule has 0 N–H and O–H groups in total. The molecule has 0 aliphatic heterocycles. The van der Waals surface area contributed by atoms with Gasteiger partial charge in [-0.2, -0.15) is 0 Å². The quantitative estimate of drug-likeness (QED) is 0.751. The molecule has 2 bridgehead atoms. The monoisotopic (exact) mass is 267 g/mol. The van der Waals surface area contributed by atoms with E-state index in [9.17, 15) is 4.79 Å². The maximum Gasteiger partial charge on any atom is 0.168 e. The Labute approximate surface area is 119 Å². The number of fused-ring (bicyclic) bond motifs is 3. The minimum Gasteiger partial charge on any atom is -0.350 e. The Kier molecular flexibility index (Phi) is 2.57. The summed E-state index contributed by atoms with van der Waals surface area (Å²) in [6.45, 7) is 2.10. The second kappa shape index (κ2) is 4.21. The van der Waals surface area contributed by atoms with Crippen molar-refractivity contribution in [3.8, 4) is 0 Å². The van der Waals surface area contributed by atoms with Crippen LogP contribution in [0.15, 0.2) is 24.4 Å². The van der Waals surface area contributed by atoms with Gasteiger partial charge in [0.2, 0.25) is 0 Å². The van der Waals surface area contributed by atoms with E-state index in [-0.39, 0.29) is 0 Å². The van der Waals surface area contributed by atoms with Gasteiger partial charge in [0.1, 0.15) is 0 Å². The lowest BCUT2D eigenvalue weighted by Gasteiger charge is -2.19. The largest absolute Gasteiger partial charge is 0.350 e. The van der Waals surface area contributed by atoms with Crippen molar-refractivity contribution in [2.45, 2.75) is 32.6 Å². The molecule has 0 saturated heterocycles. The summed E-state index contributed by atoms with van der Waals surface area (Å²) in [7, 11) is 2.04. The second-order valence-corrected chi connectivity index (χ2v) is 6.82. The highest BCUT2D eigenvalue weighted by atomic mass is 16.1. The van der Waals surface area contributed by atoms with Crippen LogP contribution in [0.5, 0.6) is 0 Å². The van der Waals surface area contributed by atoms with Gasteiger partial charge in [0.15, 0.2) is 5.78 Å². The van der Waals surface area contributed by atoms with E-state index in [0.29, 0.717) is 17.6 Å². The number of carbonyl (C=O) groups excluding carboxylic acids is 1. The fourth-order valence-corrected chi connectivity index (χ4v) is 4.46. The van der Waals surface area contributed by atoms with Crippen LogP contribution in [-0.2, 0) is 7.05 Å².